The van der Waals surface area contributed by atoms with Crippen molar-refractivity contribution in [2.45, 2.75) is 0 Å². The van der Waals surface area contributed by atoms with Gasteiger partial charge in [-0.05, 0) is 6.07 Å². The Hall–Kier alpha value is -2.08. The Balaban J connectivity index is 2.37. The highest BCUT2D eigenvalue weighted by Crippen LogP contribution is 2.33. The standard InChI is InChI=1S/C12H11N3/c1-3-5-13-7-10-9-15(2)12-4-6-14-8-11(10)12/h1,4-8H,9H2,2H3/b10-7+,13-5?. The first kappa shape index (κ1) is 9.47. The molecule has 15 heavy (non-hydrogen) atoms. The Bertz CT molecular complexity index is 466. The minimum atomic E-state index is 0.850. The van der Waals surface area contributed by atoms with E-state index in [1.807, 2.05) is 19.3 Å². The summed E-state index contributed by atoms with van der Waals surface area (Å²) in [7, 11) is 2.05. The summed E-state index contributed by atoms with van der Waals surface area (Å²) in [4.78, 5) is 10.3. The van der Waals surface area contributed by atoms with Crippen LogP contribution in [0.15, 0.2) is 29.7 Å². The van der Waals surface area contributed by atoms with Gasteiger partial charge in [0.15, 0.2) is 0 Å². The molecule has 0 aliphatic carbocycles. The number of nitrogens with zero attached hydrogens (tertiary/aromatic N) is 3. The number of aliphatic imine (C=N–C) groups is 1. The summed E-state index contributed by atoms with van der Waals surface area (Å²) < 4.78 is 0. The van der Waals surface area contributed by atoms with Crippen molar-refractivity contribution in [3.8, 4) is 12.3 Å². The van der Waals surface area contributed by atoms with E-state index < -0.39 is 0 Å². The van der Waals surface area contributed by atoms with Crippen LogP contribution in [-0.4, -0.2) is 24.8 Å². The van der Waals surface area contributed by atoms with E-state index in [2.05, 4.69) is 20.8 Å². The van der Waals surface area contributed by atoms with E-state index in [9.17, 15) is 0 Å². The second kappa shape index (κ2) is 3.97. The van der Waals surface area contributed by atoms with Gasteiger partial charge in [0, 0.05) is 49.0 Å². The average molecular weight is 197 g/mol. The Morgan fingerprint density at radius 3 is 3.33 bits per heavy atom. The van der Waals surface area contributed by atoms with Gasteiger partial charge in [-0.3, -0.25) is 9.98 Å². The van der Waals surface area contributed by atoms with Gasteiger partial charge in [-0.1, -0.05) is 5.92 Å². The number of rotatable bonds is 1. The molecule has 0 spiro atoms. The van der Waals surface area contributed by atoms with Crippen LogP contribution in [0.3, 0.4) is 0 Å². The molecule has 0 unspecified atom stereocenters. The second-order valence-corrected chi connectivity index (χ2v) is 3.35. The van der Waals surface area contributed by atoms with Crippen molar-refractivity contribution in [3.63, 3.8) is 0 Å². The van der Waals surface area contributed by atoms with Crippen molar-refractivity contribution >= 4 is 17.5 Å². The molecule has 0 fully saturated rings. The van der Waals surface area contributed by atoms with Crippen LogP contribution in [0.25, 0.3) is 5.57 Å². The zero-order valence-corrected chi connectivity index (χ0v) is 8.51. The van der Waals surface area contributed by atoms with Crippen LogP contribution in [0.4, 0.5) is 5.69 Å². The molecule has 0 radical (unpaired) electrons. The Morgan fingerprint density at radius 2 is 2.53 bits per heavy atom. The van der Waals surface area contributed by atoms with E-state index in [-0.39, 0.29) is 0 Å². The summed E-state index contributed by atoms with van der Waals surface area (Å²) in [5, 5.41) is 0. The zero-order valence-electron chi connectivity index (χ0n) is 8.51. The maximum absolute atomic E-state index is 5.08. The molecular formula is C12H11N3. The van der Waals surface area contributed by atoms with E-state index >= 15 is 0 Å². The molecular weight excluding hydrogens is 186 g/mol. The highest BCUT2D eigenvalue weighted by molar-refractivity contribution is 5.86. The quantitative estimate of drug-likeness (QED) is 0.505. The Morgan fingerprint density at radius 1 is 1.67 bits per heavy atom. The number of hydrogen-bond donors (Lipinski definition) is 0. The predicted molar refractivity (Wildman–Crippen MR) is 62.8 cm³/mol. The molecule has 1 aromatic rings. The van der Waals surface area contributed by atoms with Crippen LogP contribution in [0, 0.1) is 12.3 Å². The highest BCUT2D eigenvalue weighted by Gasteiger charge is 2.19. The second-order valence-electron chi connectivity index (χ2n) is 3.35. The molecule has 0 saturated heterocycles. The number of terminal acetylenes is 1. The van der Waals surface area contributed by atoms with E-state index in [0.29, 0.717) is 0 Å². The van der Waals surface area contributed by atoms with Gasteiger partial charge in [-0.15, -0.1) is 6.42 Å². The van der Waals surface area contributed by atoms with Crippen molar-refractivity contribution in [2.24, 2.45) is 4.99 Å². The van der Waals surface area contributed by atoms with E-state index in [0.717, 1.165) is 17.7 Å². The average Bonchev–Trinajstić information content (AvgIpc) is 2.58. The summed E-state index contributed by atoms with van der Waals surface area (Å²) in [5.74, 6) is 2.36. The van der Waals surface area contributed by atoms with Gasteiger partial charge in [0.05, 0.1) is 6.21 Å². The molecule has 0 atom stereocenters. The van der Waals surface area contributed by atoms with Crippen LogP contribution in [0.5, 0.6) is 0 Å². The van der Waals surface area contributed by atoms with Crippen LogP contribution < -0.4 is 4.90 Å². The van der Waals surface area contributed by atoms with E-state index in [1.165, 1.54) is 11.9 Å². The van der Waals surface area contributed by atoms with Crippen LogP contribution in [0.1, 0.15) is 5.56 Å². The van der Waals surface area contributed by atoms with Gasteiger partial charge in [0.25, 0.3) is 0 Å². The van der Waals surface area contributed by atoms with Gasteiger partial charge in [-0.25, -0.2) is 0 Å². The minimum absolute atomic E-state index is 0.850. The molecule has 1 aromatic heterocycles. The first-order chi connectivity index (χ1) is 7.33. The number of pyridine rings is 1. The molecule has 1 aliphatic rings. The van der Waals surface area contributed by atoms with Gasteiger partial charge in [-0.2, -0.15) is 0 Å². The van der Waals surface area contributed by atoms with Crippen LogP contribution in [-0.2, 0) is 0 Å². The van der Waals surface area contributed by atoms with Crippen molar-refractivity contribution < 1.29 is 0 Å². The third kappa shape index (κ3) is 1.75. The van der Waals surface area contributed by atoms with E-state index in [1.54, 1.807) is 12.4 Å². The zero-order chi connectivity index (χ0) is 10.7. The van der Waals surface area contributed by atoms with E-state index in [4.69, 9.17) is 6.42 Å². The summed E-state index contributed by atoms with van der Waals surface area (Å²) >= 11 is 0. The first-order valence-electron chi connectivity index (χ1n) is 4.65. The number of anilines is 1. The molecule has 1 aliphatic heterocycles. The largest absolute Gasteiger partial charge is 0.370 e. The lowest BCUT2D eigenvalue weighted by Crippen LogP contribution is -2.12. The Labute approximate surface area is 89.2 Å². The number of aromatic nitrogens is 1. The predicted octanol–water partition coefficient (Wildman–Crippen LogP) is 1.58. The molecule has 3 nitrogen and oxygen atoms in total. The highest BCUT2D eigenvalue weighted by atomic mass is 15.1. The fraction of sp³-hybridized carbons (Fsp3) is 0.167. The fourth-order valence-corrected chi connectivity index (χ4v) is 1.67. The number of fused-ring (bicyclic) bond motifs is 1. The third-order valence-electron chi connectivity index (χ3n) is 2.34. The van der Waals surface area contributed by atoms with Gasteiger partial charge >= 0.3 is 0 Å². The van der Waals surface area contributed by atoms with Crippen molar-refractivity contribution in [1.82, 2.24) is 4.98 Å². The minimum Gasteiger partial charge on any atom is -0.370 e. The monoisotopic (exact) mass is 197 g/mol. The molecule has 0 saturated carbocycles. The lowest BCUT2D eigenvalue weighted by atomic mass is 10.1. The lowest BCUT2D eigenvalue weighted by Gasteiger charge is -2.09. The topological polar surface area (TPSA) is 28.5 Å². The van der Waals surface area contributed by atoms with Gasteiger partial charge in [0.1, 0.15) is 0 Å². The molecule has 3 heteroatoms. The fourth-order valence-electron chi connectivity index (χ4n) is 1.67. The maximum Gasteiger partial charge on any atom is 0.0763 e. The van der Waals surface area contributed by atoms with Crippen molar-refractivity contribution in [3.05, 3.63) is 30.2 Å². The molecule has 0 N–H and O–H groups in total. The molecule has 0 bridgehead atoms. The summed E-state index contributed by atoms with van der Waals surface area (Å²) in [6.45, 7) is 0.850. The Kier molecular flexibility index (Phi) is 2.51. The smallest absolute Gasteiger partial charge is 0.0763 e. The SMILES string of the molecule is C#CC=N/C=C1\CN(C)c2ccncc21. The van der Waals surface area contributed by atoms with Crippen molar-refractivity contribution in [1.29, 1.82) is 0 Å². The molecule has 0 amide bonds. The van der Waals surface area contributed by atoms with Gasteiger partial charge in [0.2, 0.25) is 0 Å². The molecule has 74 valence electrons. The molecule has 2 heterocycles. The number of likely N-dealkylation sites (N-methyl/N-ethyl adjacent to an activating group) is 1. The summed E-state index contributed by atoms with van der Waals surface area (Å²) in [5.41, 5.74) is 3.47. The normalized spacial score (nSPS) is 17.1. The van der Waals surface area contributed by atoms with Crippen LogP contribution >= 0.6 is 0 Å². The van der Waals surface area contributed by atoms with Crippen LogP contribution in [0.2, 0.25) is 0 Å². The first-order valence-corrected chi connectivity index (χ1v) is 4.65. The summed E-state index contributed by atoms with van der Waals surface area (Å²) in [6.07, 6.45) is 12.0. The summed E-state index contributed by atoms with van der Waals surface area (Å²) in [6, 6.07) is 2.00. The lowest BCUT2D eigenvalue weighted by molar-refractivity contribution is 1.08. The van der Waals surface area contributed by atoms with Gasteiger partial charge < -0.3 is 4.90 Å². The third-order valence-corrected chi connectivity index (χ3v) is 2.34. The van der Waals surface area contributed by atoms with Crippen molar-refractivity contribution in [2.75, 3.05) is 18.5 Å². The maximum atomic E-state index is 5.08. The number of hydrogen-bond acceptors (Lipinski definition) is 3. The molecule has 0 aromatic carbocycles. The molecule has 2 rings (SSSR count).